The minimum Gasteiger partial charge on any atom is -0.477 e. The third-order valence-electron chi connectivity index (χ3n) is 3.30. The van der Waals surface area contributed by atoms with Gasteiger partial charge in [-0.2, -0.15) is 0 Å². The van der Waals surface area contributed by atoms with Crippen molar-refractivity contribution in [2.75, 3.05) is 0 Å². The zero-order chi connectivity index (χ0) is 15.7. The molecule has 21 heavy (non-hydrogen) atoms. The molecule has 1 heterocycles. The molecule has 0 aliphatic rings. The van der Waals surface area contributed by atoms with Crippen LogP contribution in [0.4, 0.5) is 8.78 Å². The van der Waals surface area contributed by atoms with E-state index in [1.54, 1.807) is 6.92 Å². The van der Waals surface area contributed by atoms with Crippen LogP contribution >= 0.6 is 0 Å². The lowest BCUT2D eigenvalue weighted by Crippen LogP contribution is -2.30. The Morgan fingerprint density at radius 2 is 1.81 bits per heavy atom. The third kappa shape index (κ3) is 2.69. The average molecular weight is 293 g/mol. The molecule has 2 aromatic rings. The van der Waals surface area contributed by atoms with Gasteiger partial charge in [0.05, 0.1) is 6.54 Å². The number of rotatable bonds is 3. The number of aromatic nitrogens is 1. The summed E-state index contributed by atoms with van der Waals surface area (Å²) in [7, 11) is 0. The Balaban J connectivity index is 2.63. The Labute approximate surface area is 119 Å². The zero-order valence-corrected chi connectivity index (χ0v) is 11.5. The first-order valence-corrected chi connectivity index (χ1v) is 6.20. The molecule has 2 rings (SSSR count). The fraction of sp³-hybridized carbons (Fsp3) is 0.200. The number of aromatic carboxylic acids is 1. The van der Waals surface area contributed by atoms with Gasteiger partial charge in [0.1, 0.15) is 17.2 Å². The van der Waals surface area contributed by atoms with Crippen molar-refractivity contribution in [3.05, 3.63) is 68.6 Å². The molecule has 1 N–H and O–H groups in total. The van der Waals surface area contributed by atoms with Crippen molar-refractivity contribution in [3.63, 3.8) is 0 Å². The summed E-state index contributed by atoms with van der Waals surface area (Å²) in [4.78, 5) is 23.3. The second-order valence-corrected chi connectivity index (χ2v) is 4.74. The molecule has 0 bridgehead atoms. The number of carboxylic acid groups (broad SMARTS) is 1. The number of carbonyl (C=O) groups is 1. The van der Waals surface area contributed by atoms with Crippen molar-refractivity contribution >= 4 is 5.97 Å². The Morgan fingerprint density at radius 3 is 2.33 bits per heavy atom. The minimum atomic E-state index is -1.36. The second kappa shape index (κ2) is 5.47. The predicted octanol–water partition coefficient (Wildman–Crippen LogP) is 2.49. The van der Waals surface area contributed by atoms with Gasteiger partial charge in [0.2, 0.25) is 0 Å². The van der Waals surface area contributed by atoms with E-state index in [2.05, 4.69) is 0 Å². The predicted molar refractivity (Wildman–Crippen MR) is 72.6 cm³/mol. The lowest BCUT2D eigenvalue weighted by atomic mass is 10.1. The van der Waals surface area contributed by atoms with E-state index in [0.29, 0.717) is 11.3 Å². The second-order valence-electron chi connectivity index (χ2n) is 4.74. The van der Waals surface area contributed by atoms with Crippen LogP contribution in [0, 0.1) is 25.5 Å². The number of hydrogen-bond donors (Lipinski definition) is 1. The number of nitrogens with zero attached hydrogens (tertiary/aromatic N) is 1. The van der Waals surface area contributed by atoms with Gasteiger partial charge in [-0.1, -0.05) is 6.07 Å². The number of benzene rings is 1. The molecule has 0 saturated carbocycles. The molecule has 0 aliphatic carbocycles. The smallest absolute Gasteiger partial charge is 0.341 e. The van der Waals surface area contributed by atoms with Crippen LogP contribution < -0.4 is 5.56 Å². The van der Waals surface area contributed by atoms with Gasteiger partial charge in [-0.25, -0.2) is 13.6 Å². The fourth-order valence-corrected chi connectivity index (χ4v) is 2.23. The summed E-state index contributed by atoms with van der Waals surface area (Å²) in [6.45, 7) is 2.73. The van der Waals surface area contributed by atoms with E-state index in [-0.39, 0.29) is 12.1 Å². The van der Waals surface area contributed by atoms with Crippen LogP contribution in [-0.2, 0) is 6.54 Å². The Kier molecular flexibility index (Phi) is 3.88. The van der Waals surface area contributed by atoms with Gasteiger partial charge >= 0.3 is 5.97 Å². The summed E-state index contributed by atoms with van der Waals surface area (Å²) in [6.07, 6.45) is 0. The summed E-state index contributed by atoms with van der Waals surface area (Å²) >= 11 is 0. The van der Waals surface area contributed by atoms with Gasteiger partial charge in [0.15, 0.2) is 0 Å². The van der Waals surface area contributed by atoms with Crippen LogP contribution in [0.1, 0.15) is 27.2 Å². The van der Waals surface area contributed by atoms with Crippen molar-refractivity contribution in [1.82, 2.24) is 4.57 Å². The first-order chi connectivity index (χ1) is 9.82. The zero-order valence-electron chi connectivity index (χ0n) is 11.5. The van der Waals surface area contributed by atoms with Crippen LogP contribution in [0.2, 0.25) is 0 Å². The third-order valence-corrected chi connectivity index (χ3v) is 3.30. The van der Waals surface area contributed by atoms with E-state index >= 15 is 0 Å². The molecule has 0 radical (unpaired) electrons. The lowest BCUT2D eigenvalue weighted by Gasteiger charge is -2.13. The fourth-order valence-electron chi connectivity index (χ4n) is 2.23. The van der Waals surface area contributed by atoms with Gasteiger partial charge < -0.3 is 9.67 Å². The Bertz CT molecular complexity index is 761. The van der Waals surface area contributed by atoms with Crippen LogP contribution in [-0.4, -0.2) is 15.6 Å². The largest absolute Gasteiger partial charge is 0.477 e. The van der Waals surface area contributed by atoms with Crippen molar-refractivity contribution in [3.8, 4) is 0 Å². The number of hydrogen-bond acceptors (Lipinski definition) is 2. The van der Waals surface area contributed by atoms with Crippen LogP contribution in [0.5, 0.6) is 0 Å². The standard InChI is InChI=1S/C15H13F2NO3/c1-8-6-9(2)18(14(19)13(8)15(20)21)7-10-11(16)4-3-5-12(10)17/h3-6H,7H2,1-2H3,(H,20,21). The maximum absolute atomic E-state index is 13.7. The van der Waals surface area contributed by atoms with Gasteiger partial charge in [0.25, 0.3) is 5.56 Å². The van der Waals surface area contributed by atoms with E-state index in [9.17, 15) is 18.4 Å². The highest BCUT2D eigenvalue weighted by atomic mass is 19.1. The van der Waals surface area contributed by atoms with E-state index in [1.165, 1.54) is 19.1 Å². The van der Waals surface area contributed by atoms with Crippen molar-refractivity contribution in [2.45, 2.75) is 20.4 Å². The molecule has 4 nitrogen and oxygen atoms in total. The maximum Gasteiger partial charge on any atom is 0.341 e. The minimum absolute atomic E-state index is 0.275. The molecule has 0 saturated heterocycles. The van der Waals surface area contributed by atoms with E-state index < -0.39 is 28.7 Å². The summed E-state index contributed by atoms with van der Waals surface area (Å²) in [5, 5.41) is 9.08. The Morgan fingerprint density at radius 1 is 1.24 bits per heavy atom. The molecular formula is C15H13F2NO3. The topological polar surface area (TPSA) is 59.3 Å². The van der Waals surface area contributed by atoms with Crippen LogP contribution in [0.15, 0.2) is 29.1 Å². The van der Waals surface area contributed by atoms with E-state index in [0.717, 1.165) is 16.7 Å². The maximum atomic E-state index is 13.7. The average Bonchev–Trinajstić information content (AvgIpc) is 2.36. The first-order valence-electron chi connectivity index (χ1n) is 6.20. The highest BCUT2D eigenvalue weighted by Gasteiger charge is 2.18. The molecule has 1 aromatic carbocycles. The van der Waals surface area contributed by atoms with Crippen LogP contribution in [0.3, 0.4) is 0 Å². The summed E-state index contributed by atoms with van der Waals surface area (Å²) in [6, 6.07) is 4.90. The molecule has 0 spiro atoms. The van der Waals surface area contributed by atoms with Crippen molar-refractivity contribution in [2.24, 2.45) is 0 Å². The van der Waals surface area contributed by atoms with E-state index in [4.69, 9.17) is 5.11 Å². The quantitative estimate of drug-likeness (QED) is 0.946. The highest BCUT2D eigenvalue weighted by molar-refractivity contribution is 5.88. The molecule has 110 valence electrons. The molecule has 0 aliphatic heterocycles. The van der Waals surface area contributed by atoms with Gasteiger partial charge in [-0.05, 0) is 37.6 Å². The molecule has 6 heteroatoms. The van der Waals surface area contributed by atoms with Crippen molar-refractivity contribution in [1.29, 1.82) is 0 Å². The number of carboxylic acids is 1. The number of halogens is 2. The number of pyridine rings is 1. The SMILES string of the molecule is Cc1cc(C)n(Cc2c(F)cccc2F)c(=O)c1C(=O)O. The van der Waals surface area contributed by atoms with Crippen LogP contribution in [0.25, 0.3) is 0 Å². The molecule has 1 aromatic heterocycles. The summed E-state index contributed by atoms with van der Waals surface area (Å²) in [5.41, 5.74) is -0.691. The monoisotopic (exact) mass is 293 g/mol. The Hall–Kier alpha value is -2.50. The molecule has 0 atom stereocenters. The summed E-state index contributed by atoms with van der Waals surface area (Å²) in [5.74, 6) is -2.92. The first kappa shape index (κ1) is 14.9. The molecule has 0 unspecified atom stereocenters. The van der Waals surface area contributed by atoms with E-state index in [1.807, 2.05) is 0 Å². The van der Waals surface area contributed by atoms with Gasteiger partial charge in [0, 0.05) is 11.3 Å². The molecule has 0 fully saturated rings. The van der Waals surface area contributed by atoms with Crippen molar-refractivity contribution < 1.29 is 18.7 Å². The lowest BCUT2D eigenvalue weighted by molar-refractivity contribution is 0.0693. The van der Waals surface area contributed by atoms with Gasteiger partial charge in [-0.15, -0.1) is 0 Å². The normalized spacial score (nSPS) is 10.7. The highest BCUT2D eigenvalue weighted by Crippen LogP contribution is 2.15. The van der Waals surface area contributed by atoms with Gasteiger partial charge in [-0.3, -0.25) is 4.79 Å². The molecule has 0 amide bonds. The number of aryl methyl sites for hydroxylation is 2. The summed E-state index contributed by atoms with van der Waals surface area (Å²) < 4.78 is 28.4. The molecular weight excluding hydrogens is 280 g/mol.